The highest BCUT2D eigenvalue weighted by Gasteiger charge is 2.18. The first kappa shape index (κ1) is 21.9. The van der Waals surface area contributed by atoms with Crippen LogP contribution >= 0.6 is 0 Å². The highest BCUT2D eigenvalue weighted by Crippen LogP contribution is 2.27. The molecule has 1 amide bonds. The van der Waals surface area contributed by atoms with Crippen LogP contribution in [-0.2, 0) is 11.2 Å². The molecule has 0 aliphatic heterocycles. The van der Waals surface area contributed by atoms with Crippen molar-refractivity contribution >= 4 is 17.4 Å². The number of nitro groups is 1. The summed E-state index contributed by atoms with van der Waals surface area (Å²) >= 11 is 0. The number of aromatic nitrogens is 4. The van der Waals surface area contributed by atoms with Gasteiger partial charge in [0.2, 0.25) is 5.91 Å². The van der Waals surface area contributed by atoms with Crippen molar-refractivity contribution in [3.63, 3.8) is 0 Å². The molecule has 4 aromatic rings. The van der Waals surface area contributed by atoms with Gasteiger partial charge in [-0.1, -0.05) is 25.1 Å². The standard InChI is InChI=1S/C24H24N6O3/c1-3-17(2)29-22(13-14-25-29)26-23(31)15-19-16-28(20-7-5-4-6-8-20)27-24(19)18-9-11-21(12-10-18)30(32)33/h4-14,16-17H,3,15H2,1-2H3,(H,26,31). The topological polar surface area (TPSA) is 108 Å². The summed E-state index contributed by atoms with van der Waals surface area (Å²) in [5.74, 6) is 0.442. The molecule has 33 heavy (non-hydrogen) atoms. The molecule has 9 nitrogen and oxygen atoms in total. The maximum Gasteiger partial charge on any atom is 0.269 e. The van der Waals surface area contributed by atoms with E-state index in [2.05, 4.69) is 22.4 Å². The Morgan fingerprint density at radius 1 is 1.12 bits per heavy atom. The van der Waals surface area contributed by atoms with Crippen LogP contribution in [0.2, 0.25) is 0 Å². The summed E-state index contributed by atoms with van der Waals surface area (Å²) in [5.41, 5.74) is 2.85. The van der Waals surface area contributed by atoms with Crippen molar-refractivity contribution in [3.05, 3.63) is 88.7 Å². The molecule has 168 valence electrons. The number of benzene rings is 2. The summed E-state index contributed by atoms with van der Waals surface area (Å²) in [6.07, 6.45) is 4.46. The average molecular weight is 444 g/mol. The fourth-order valence-corrected chi connectivity index (χ4v) is 3.53. The molecule has 0 saturated heterocycles. The number of carbonyl (C=O) groups is 1. The number of nitro benzene ring substituents is 1. The van der Waals surface area contributed by atoms with E-state index in [0.717, 1.165) is 12.1 Å². The maximum atomic E-state index is 12.9. The van der Waals surface area contributed by atoms with E-state index in [1.807, 2.05) is 43.5 Å². The van der Waals surface area contributed by atoms with Gasteiger partial charge in [-0.3, -0.25) is 14.9 Å². The SMILES string of the molecule is CCC(C)n1nccc1NC(=O)Cc1cn(-c2ccccc2)nc1-c1ccc([N+](=O)[O-])cc1. The van der Waals surface area contributed by atoms with Crippen LogP contribution in [-0.4, -0.2) is 30.4 Å². The zero-order chi connectivity index (χ0) is 23.4. The highest BCUT2D eigenvalue weighted by molar-refractivity contribution is 5.92. The normalized spacial score (nSPS) is 11.8. The second-order valence-electron chi connectivity index (χ2n) is 7.73. The third-order valence-electron chi connectivity index (χ3n) is 5.46. The van der Waals surface area contributed by atoms with Crippen molar-refractivity contribution in [3.8, 4) is 16.9 Å². The average Bonchev–Trinajstić information content (AvgIpc) is 3.46. The van der Waals surface area contributed by atoms with Crippen LogP contribution in [0.5, 0.6) is 0 Å². The zero-order valence-electron chi connectivity index (χ0n) is 18.4. The Labute approximate surface area is 190 Å². The fraction of sp³-hybridized carbons (Fsp3) is 0.208. The van der Waals surface area contributed by atoms with Gasteiger partial charge in [0.05, 0.1) is 35.0 Å². The van der Waals surface area contributed by atoms with Gasteiger partial charge in [0.15, 0.2) is 0 Å². The second-order valence-corrected chi connectivity index (χ2v) is 7.73. The molecule has 1 atom stereocenters. The van der Waals surface area contributed by atoms with Crippen LogP contribution in [0.15, 0.2) is 73.1 Å². The first-order valence-corrected chi connectivity index (χ1v) is 10.7. The third-order valence-corrected chi connectivity index (χ3v) is 5.46. The number of para-hydroxylation sites is 1. The van der Waals surface area contributed by atoms with Crippen molar-refractivity contribution in [1.29, 1.82) is 0 Å². The van der Waals surface area contributed by atoms with E-state index in [1.54, 1.807) is 33.8 Å². The lowest BCUT2D eigenvalue weighted by molar-refractivity contribution is -0.384. The van der Waals surface area contributed by atoms with Gasteiger partial charge in [-0.25, -0.2) is 9.36 Å². The Kier molecular flexibility index (Phi) is 6.30. The number of amides is 1. The molecular formula is C24H24N6O3. The van der Waals surface area contributed by atoms with Crippen molar-refractivity contribution in [2.24, 2.45) is 0 Å². The summed E-state index contributed by atoms with van der Waals surface area (Å²) in [6.45, 7) is 4.10. The molecule has 0 radical (unpaired) electrons. The molecule has 2 aromatic heterocycles. The number of nitrogens with zero attached hydrogens (tertiary/aromatic N) is 5. The number of anilines is 1. The molecule has 0 bridgehead atoms. The summed E-state index contributed by atoms with van der Waals surface area (Å²) < 4.78 is 3.51. The molecule has 1 unspecified atom stereocenters. The Morgan fingerprint density at radius 3 is 2.52 bits per heavy atom. The number of hydrogen-bond acceptors (Lipinski definition) is 5. The quantitative estimate of drug-likeness (QED) is 0.310. The van der Waals surface area contributed by atoms with E-state index in [4.69, 9.17) is 0 Å². The predicted octanol–water partition coefficient (Wildman–Crippen LogP) is 4.80. The van der Waals surface area contributed by atoms with Crippen LogP contribution in [0.4, 0.5) is 11.5 Å². The maximum absolute atomic E-state index is 12.9. The number of non-ortho nitro benzene ring substituents is 1. The molecule has 1 N–H and O–H groups in total. The van der Waals surface area contributed by atoms with Crippen LogP contribution in [0, 0.1) is 10.1 Å². The van der Waals surface area contributed by atoms with Gasteiger partial charge >= 0.3 is 0 Å². The zero-order valence-corrected chi connectivity index (χ0v) is 18.4. The predicted molar refractivity (Wildman–Crippen MR) is 125 cm³/mol. The van der Waals surface area contributed by atoms with E-state index < -0.39 is 4.92 Å². The van der Waals surface area contributed by atoms with Gasteiger partial charge in [-0.05, 0) is 37.6 Å². The minimum Gasteiger partial charge on any atom is -0.311 e. The molecule has 0 spiro atoms. The van der Waals surface area contributed by atoms with E-state index in [-0.39, 0.29) is 24.1 Å². The molecule has 0 saturated carbocycles. The largest absolute Gasteiger partial charge is 0.311 e. The lowest BCUT2D eigenvalue weighted by Gasteiger charge is -2.14. The second kappa shape index (κ2) is 9.47. The van der Waals surface area contributed by atoms with E-state index in [9.17, 15) is 14.9 Å². The smallest absolute Gasteiger partial charge is 0.269 e. The van der Waals surface area contributed by atoms with E-state index in [1.165, 1.54) is 12.1 Å². The first-order valence-electron chi connectivity index (χ1n) is 10.7. The van der Waals surface area contributed by atoms with E-state index in [0.29, 0.717) is 22.6 Å². The van der Waals surface area contributed by atoms with E-state index >= 15 is 0 Å². The minimum absolute atomic E-state index is 0.00107. The molecule has 0 fully saturated rings. The van der Waals surface area contributed by atoms with Crippen LogP contribution < -0.4 is 5.32 Å². The van der Waals surface area contributed by atoms with Crippen molar-refractivity contribution in [1.82, 2.24) is 19.6 Å². The Bertz CT molecular complexity index is 1260. The van der Waals surface area contributed by atoms with Crippen molar-refractivity contribution < 1.29 is 9.72 Å². The number of rotatable bonds is 8. The van der Waals surface area contributed by atoms with Crippen LogP contribution in [0.3, 0.4) is 0 Å². The molecular weight excluding hydrogens is 420 g/mol. The molecule has 9 heteroatoms. The van der Waals surface area contributed by atoms with Gasteiger partial charge in [0.25, 0.3) is 5.69 Å². The minimum atomic E-state index is -0.443. The van der Waals surface area contributed by atoms with Crippen LogP contribution in [0.25, 0.3) is 16.9 Å². The summed E-state index contributed by atoms with van der Waals surface area (Å²) in [6, 6.07) is 17.7. The molecule has 2 heterocycles. The van der Waals surface area contributed by atoms with Gasteiger partial charge in [-0.2, -0.15) is 10.2 Å². The fourth-order valence-electron chi connectivity index (χ4n) is 3.53. The summed E-state index contributed by atoms with van der Waals surface area (Å²) in [4.78, 5) is 23.5. The molecule has 0 aliphatic rings. The summed E-state index contributed by atoms with van der Waals surface area (Å²) in [5, 5.41) is 23.0. The van der Waals surface area contributed by atoms with Gasteiger partial charge in [0.1, 0.15) is 5.82 Å². The van der Waals surface area contributed by atoms with Crippen molar-refractivity contribution in [2.45, 2.75) is 32.7 Å². The van der Waals surface area contributed by atoms with Gasteiger partial charge in [0, 0.05) is 35.5 Å². The molecule has 4 rings (SSSR count). The Hall–Kier alpha value is -4.27. The van der Waals surface area contributed by atoms with Gasteiger partial charge < -0.3 is 5.32 Å². The van der Waals surface area contributed by atoms with Crippen molar-refractivity contribution in [2.75, 3.05) is 5.32 Å². The highest BCUT2D eigenvalue weighted by atomic mass is 16.6. The number of hydrogen-bond donors (Lipinski definition) is 1. The monoisotopic (exact) mass is 444 g/mol. The molecule has 0 aliphatic carbocycles. The summed E-state index contributed by atoms with van der Waals surface area (Å²) in [7, 11) is 0. The lowest BCUT2D eigenvalue weighted by atomic mass is 10.1. The first-order chi connectivity index (χ1) is 16.0. The molecule has 2 aromatic carbocycles. The Morgan fingerprint density at radius 2 is 1.85 bits per heavy atom. The van der Waals surface area contributed by atoms with Gasteiger partial charge in [-0.15, -0.1) is 0 Å². The lowest BCUT2D eigenvalue weighted by Crippen LogP contribution is -2.19. The van der Waals surface area contributed by atoms with Crippen LogP contribution in [0.1, 0.15) is 31.9 Å². The Balaban J connectivity index is 1.65. The number of nitrogens with one attached hydrogen (secondary N) is 1. The third kappa shape index (κ3) is 4.82. The number of carbonyl (C=O) groups excluding carboxylic acids is 1.